The highest BCUT2D eigenvalue weighted by molar-refractivity contribution is 5.48. The van der Waals surface area contributed by atoms with Crippen molar-refractivity contribution >= 4 is 5.69 Å². The molecule has 1 aliphatic rings. The molecule has 1 unspecified atom stereocenters. The second-order valence-corrected chi connectivity index (χ2v) is 4.15. The van der Waals surface area contributed by atoms with Crippen LogP contribution >= 0.6 is 0 Å². The van der Waals surface area contributed by atoms with Gasteiger partial charge in [-0.3, -0.25) is 0 Å². The third-order valence-corrected chi connectivity index (χ3v) is 3.08. The van der Waals surface area contributed by atoms with Crippen LogP contribution in [-0.2, 0) is 6.54 Å². The fourth-order valence-electron chi connectivity index (χ4n) is 2.06. The normalized spacial score (nSPS) is 20.9. The van der Waals surface area contributed by atoms with Gasteiger partial charge in [-0.2, -0.15) is 0 Å². The first-order chi connectivity index (χ1) is 7.33. The molecule has 1 aromatic carbocycles. The fraction of sp³-hybridized carbons (Fsp3) is 0.500. The molecule has 1 saturated heterocycles. The quantitative estimate of drug-likeness (QED) is 0.774. The van der Waals surface area contributed by atoms with Gasteiger partial charge in [-0.25, -0.2) is 0 Å². The summed E-state index contributed by atoms with van der Waals surface area (Å²) in [7, 11) is 0. The maximum absolute atomic E-state index is 9.07. The summed E-state index contributed by atoms with van der Waals surface area (Å²) in [6.45, 7) is 2.92. The molecular formula is C12H18N2O. The van der Waals surface area contributed by atoms with E-state index in [0.717, 1.165) is 25.1 Å². The molecule has 0 radical (unpaired) electrons. The van der Waals surface area contributed by atoms with Crippen LogP contribution in [0.2, 0.25) is 0 Å². The number of hydrogen-bond donors (Lipinski definition) is 2. The van der Waals surface area contributed by atoms with Crippen LogP contribution in [0.15, 0.2) is 24.3 Å². The van der Waals surface area contributed by atoms with Crippen molar-refractivity contribution in [2.45, 2.75) is 13.0 Å². The van der Waals surface area contributed by atoms with E-state index in [9.17, 15) is 0 Å². The van der Waals surface area contributed by atoms with E-state index in [-0.39, 0.29) is 0 Å². The summed E-state index contributed by atoms with van der Waals surface area (Å²) in [5, 5.41) is 9.07. The monoisotopic (exact) mass is 206 g/mol. The molecule has 3 heteroatoms. The molecule has 82 valence electrons. The zero-order valence-electron chi connectivity index (χ0n) is 8.89. The molecule has 0 aromatic heterocycles. The van der Waals surface area contributed by atoms with E-state index in [1.807, 2.05) is 0 Å². The molecule has 2 rings (SSSR count). The van der Waals surface area contributed by atoms with Crippen LogP contribution in [0.4, 0.5) is 5.69 Å². The minimum Gasteiger partial charge on any atom is -0.396 e. The van der Waals surface area contributed by atoms with Gasteiger partial charge in [0.1, 0.15) is 0 Å². The first kappa shape index (κ1) is 10.5. The number of nitrogens with two attached hydrogens (primary N) is 1. The van der Waals surface area contributed by atoms with Crippen LogP contribution in [0.1, 0.15) is 12.0 Å². The van der Waals surface area contributed by atoms with Crippen molar-refractivity contribution < 1.29 is 5.11 Å². The molecular weight excluding hydrogens is 188 g/mol. The lowest BCUT2D eigenvalue weighted by Crippen LogP contribution is -2.20. The Kier molecular flexibility index (Phi) is 3.23. The van der Waals surface area contributed by atoms with Gasteiger partial charge in [0.15, 0.2) is 0 Å². The molecule has 1 aliphatic heterocycles. The number of aliphatic hydroxyl groups is 1. The fourth-order valence-corrected chi connectivity index (χ4v) is 2.06. The second kappa shape index (κ2) is 4.64. The van der Waals surface area contributed by atoms with E-state index in [4.69, 9.17) is 10.8 Å². The van der Waals surface area contributed by atoms with E-state index in [0.29, 0.717) is 19.1 Å². The third kappa shape index (κ3) is 2.30. The minimum atomic E-state index is 0.303. The Bertz CT molecular complexity index is 310. The molecule has 0 saturated carbocycles. The number of nitrogens with zero attached hydrogens (tertiary/aromatic N) is 1. The van der Waals surface area contributed by atoms with Crippen LogP contribution in [-0.4, -0.2) is 24.8 Å². The summed E-state index contributed by atoms with van der Waals surface area (Å²) in [5.74, 6) is 0.444. The molecule has 0 amide bonds. The molecule has 1 atom stereocenters. The molecule has 1 fully saturated rings. The molecule has 3 nitrogen and oxygen atoms in total. The summed E-state index contributed by atoms with van der Waals surface area (Å²) in [4.78, 5) is 2.32. The predicted molar refractivity (Wildman–Crippen MR) is 61.7 cm³/mol. The third-order valence-electron chi connectivity index (χ3n) is 3.08. The van der Waals surface area contributed by atoms with Gasteiger partial charge < -0.3 is 15.7 Å². The Hall–Kier alpha value is -1.06. The number of hydrogen-bond acceptors (Lipinski definition) is 3. The Labute approximate surface area is 90.5 Å². The smallest absolute Gasteiger partial charge is 0.0476 e. The average Bonchev–Trinajstić information content (AvgIpc) is 2.78. The summed E-state index contributed by atoms with van der Waals surface area (Å²) in [6.07, 6.45) is 1.09. The number of benzene rings is 1. The van der Waals surface area contributed by atoms with Crippen LogP contribution in [0.3, 0.4) is 0 Å². The van der Waals surface area contributed by atoms with E-state index in [1.54, 1.807) is 0 Å². The van der Waals surface area contributed by atoms with Crippen LogP contribution < -0.4 is 10.6 Å². The highest BCUT2D eigenvalue weighted by atomic mass is 16.3. The average molecular weight is 206 g/mol. The second-order valence-electron chi connectivity index (χ2n) is 4.15. The highest BCUT2D eigenvalue weighted by Gasteiger charge is 2.21. The van der Waals surface area contributed by atoms with Crippen molar-refractivity contribution in [2.24, 2.45) is 11.7 Å². The number of rotatable bonds is 3. The van der Waals surface area contributed by atoms with E-state index in [1.165, 1.54) is 5.69 Å². The largest absolute Gasteiger partial charge is 0.396 e. The summed E-state index contributed by atoms with van der Waals surface area (Å²) in [6, 6.07) is 8.37. The predicted octanol–water partition coefficient (Wildman–Crippen LogP) is 0.964. The molecule has 1 aromatic rings. The van der Waals surface area contributed by atoms with Crippen LogP contribution in [0.5, 0.6) is 0 Å². The Morgan fingerprint density at radius 3 is 2.60 bits per heavy atom. The van der Waals surface area contributed by atoms with Gasteiger partial charge in [0.05, 0.1) is 0 Å². The van der Waals surface area contributed by atoms with Crippen molar-refractivity contribution in [3.63, 3.8) is 0 Å². The van der Waals surface area contributed by atoms with E-state index < -0.39 is 0 Å². The summed E-state index contributed by atoms with van der Waals surface area (Å²) in [5.41, 5.74) is 7.95. The van der Waals surface area contributed by atoms with Gasteiger partial charge in [0.25, 0.3) is 0 Å². The highest BCUT2D eigenvalue weighted by Crippen LogP contribution is 2.23. The van der Waals surface area contributed by atoms with Crippen molar-refractivity contribution in [1.82, 2.24) is 0 Å². The van der Waals surface area contributed by atoms with Gasteiger partial charge in [-0.15, -0.1) is 0 Å². The topological polar surface area (TPSA) is 49.5 Å². The molecule has 0 spiro atoms. The van der Waals surface area contributed by atoms with Gasteiger partial charge in [0.2, 0.25) is 0 Å². The molecule has 15 heavy (non-hydrogen) atoms. The number of aliphatic hydroxyl groups excluding tert-OH is 1. The van der Waals surface area contributed by atoms with E-state index in [2.05, 4.69) is 29.2 Å². The standard InChI is InChI=1S/C12H18N2O/c13-7-10-1-3-12(4-2-10)14-6-5-11(8-14)9-15/h1-4,11,15H,5-9,13H2. The van der Waals surface area contributed by atoms with Crippen molar-refractivity contribution in [3.8, 4) is 0 Å². The Morgan fingerprint density at radius 1 is 1.33 bits per heavy atom. The first-order valence-corrected chi connectivity index (χ1v) is 5.48. The SMILES string of the molecule is NCc1ccc(N2CCC(CO)C2)cc1. The lowest BCUT2D eigenvalue weighted by atomic mass is 10.1. The van der Waals surface area contributed by atoms with Crippen molar-refractivity contribution in [3.05, 3.63) is 29.8 Å². The molecule has 1 heterocycles. The van der Waals surface area contributed by atoms with Crippen molar-refractivity contribution in [1.29, 1.82) is 0 Å². The van der Waals surface area contributed by atoms with Gasteiger partial charge in [-0.05, 0) is 24.1 Å². The zero-order chi connectivity index (χ0) is 10.7. The zero-order valence-corrected chi connectivity index (χ0v) is 8.89. The Morgan fingerprint density at radius 2 is 2.07 bits per heavy atom. The molecule has 0 bridgehead atoms. The van der Waals surface area contributed by atoms with Crippen molar-refractivity contribution in [2.75, 3.05) is 24.6 Å². The molecule has 0 aliphatic carbocycles. The van der Waals surface area contributed by atoms with Crippen LogP contribution in [0.25, 0.3) is 0 Å². The maximum Gasteiger partial charge on any atom is 0.0476 e. The summed E-state index contributed by atoms with van der Waals surface area (Å²) < 4.78 is 0. The van der Waals surface area contributed by atoms with Crippen LogP contribution in [0, 0.1) is 5.92 Å². The van der Waals surface area contributed by atoms with Gasteiger partial charge in [-0.1, -0.05) is 12.1 Å². The summed E-state index contributed by atoms with van der Waals surface area (Å²) >= 11 is 0. The van der Waals surface area contributed by atoms with E-state index >= 15 is 0 Å². The molecule has 3 N–H and O–H groups in total. The lowest BCUT2D eigenvalue weighted by molar-refractivity contribution is 0.238. The van der Waals surface area contributed by atoms with Gasteiger partial charge in [0, 0.05) is 37.8 Å². The minimum absolute atomic E-state index is 0.303. The first-order valence-electron chi connectivity index (χ1n) is 5.48. The Balaban J connectivity index is 2.04. The number of anilines is 1. The maximum atomic E-state index is 9.07. The van der Waals surface area contributed by atoms with Gasteiger partial charge >= 0.3 is 0 Å². The lowest BCUT2D eigenvalue weighted by Gasteiger charge is -2.18.